The Hall–Kier alpha value is -3.35. The lowest BCUT2D eigenvalue weighted by Gasteiger charge is -2.35. The minimum atomic E-state index is -1.08. The average molecular weight is 463 g/mol. The molecule has 2 amide bonds. The summed E-state index contributed by atoms with van der Waals surface area (Å²) in [6, 6.07) is 16.0. The van der Waals surface area contributed by atoms with Crippen molar-refractivity contribution in [3.05, 3.63) is 59.7 Å². The van der Waals surface area contributed by atoms with Crippen molar-refractivity contribution in [3.8, 4) is 11.1 Å². The fourth-order valence-corrected chi connectivity index (χ4v) is 5.66. The number of hydrogen-bond acceptors (Lipinski definition) is 4. The maximum Gasteiger partial charge on any atom is 0.407 e. The average Bonchev–Trinajstić information content (AvgIpc) is 3.61. The molecule has 0 saturated heterocycles. The second-order valence-electron chi connectivity index (χ2n) is 9.70. The number of carbonyl (C=O) groups is 3. The number of fused-ring (bicyclic) bond motifs is 3. The fourth-order valence-electron chi connectivity index (χ4n) is 5.66. The summed E-state index contributed by atoms with van der Waals surface area (Å²) in [5, 5.41) is 12.5. The lowest BCUT2D eigenvalue weighted by molar-refractivity contribution is -0.153. The summed E-state index contributed by atoms with van der Waals surface area (Å²) in [5.41, 5.74) is 3.54. The summed E-state index contributed by atoms with van der Waals surface area (Å²) in [6.07, 6.45) is 3.51. The van der Waals surface area contributed by atoms with E-state index in [9.17, 15) is 19.5 Å². The van der Waals surface area contributed by atoms with E-state index in [4.69, 9.17) is 4.74 Å². The molecule has 3 aliphatic rings. The molecule has 2 atom stereocenters. The number of ether oxygens (including phenoxy) is 1. The highest BCUT2D eigenvalue weighted by Crippen LogP contribution is 2.45. The van der Waals surface area contributed by atoms with Crippen molar-refractivity contribution in [1.29, 1.82) is 0 Å². The summed E-state index contributed by atoms with van der Waals surface area (Å²) in [6.45, 7) is 0.215. The van der Waals surface area contributed by atoms with Crippen LogP contribution in [0.15, 0.2) is 48.5 Å². The molecule has 0 aliphatic heterocycles. The number of benzene rings is 2. The molecule has 34 heavy (non-hydrogen) atoms. The van der Waals surface area contributed by atoms with Gasteiger partial charge in [0.25, 0.3) is 0 Å². The lowest BCUT2D eigenvalue weighted by atomic mass is 9.83. The normalized spacial score (nSPS) is 22.3. The Labute approximate surface area is 199 Å². The van der Waals surface area contributed by atoms with Gasteiger partial charge in [0.2, 0.25) is 5.91 Å². The van der Waals surface area contributed by atoms with E-state index in [1.54, 1.807) is 7.05 Å². The number of hydrogen-bond donors (Lipinski definition) is 2. The molecule has 0 bridgehead atoms. The van der Waals surface area contributed by atoms with Crippen LogP contribution in [0.25, 0.3) is 11.1 Å². The first-order valence-electron chi connectivity index (χ1n) is 12.0. The SMILES string of the molecule is CN(C(=O)C1CCCCC1NC(=O)OCC1c2ccccc2-c2ccccc21)C1(C(=O)O)CC1. The van der Waals surface area contributed by atoms with Crippen LogP contribution in [0.2, 0.25) is 0 Å². The van der Waals surface area contributed by atoms with Crippen LogP contribution in [0.4, 0.5) is 4.79 Å². The van der Waals surface area contributed by atoms with Crippen LogP contribution in [0.1, 0.15) is 55.6 Å². The van der Waals surface area contributed by atoms with E-state index in [-0.39, 0.29) is 24.5 Å². The van der Waals surface area contributed by atoms with Gasteiger partial charge in [0.1, 0.15) is 12.1 Å². The Bertz CT molecular complexity index is 1080. The highest BCUT2D eigenvalue weighted by molar-refractivity contribution is 5.91. The van der Waals surface area contributed by atoms with Crippen LogP contribution in [0.3, 0.4) is 0 Å². The first kappa shape index (κ1) is 22.4. The zero-order valence-electron chi connectivity index (χ0n) is 19.3. The predicted octanol–water partition coefficient (Wildman–Crippen LogP) is 4.16. The fraction of sp³-hybridized carbons (Fsp3) is 0.444. The highest BCUT2D eigenvalue weighted by Gasteiger charge is 2.56. The van der Waals surface area contributed by atoms with Crippen molar-refractivity contribution >= 4 is 18.0 Å². The standard InChI is InChI=1S/C27H30N2O5/c1-29(27(14-15-27)25(31)32)24(30)21-12-6-7-13-23(21)28-26(33)34-16-22-19-10-4-2-8-17(19)18-9-3-5-11-20(18)22/h2-5,8-11,21-23H,6-7,12-16H2,1H3,(H,28,33)(H,31,32). The van der Waals surface area contributed by atoms with Gasteiger partial charge in [-0.1, -0.05) is 61.4 Å². The summed E-state index contributed by atoms with van der Waals surface area (Å²) in [7, 11) is 1.57. The Kier molecular flexibility index (Phi) is 5.80. The van der Waals surface area contributed by atoms with Crippen LogP contribution in [0.5, 0.6) is 0 Å². The number of nitrogens with one attached hydrogen (secondary N) is 1. The number of amides is 2. The van der Waals surface area contributed by atoms with Gasteiger partial charge in [-0.15, -0.1) is 0 Å². The number of likely N-dealkylation sites (N-methyl/N-ethyl adjacent to an activating group) is 1. The third-order valence-corrected chi connectivity index (χ3v) is 7.82. The van der Waals surface area contributed by atoms with Crippen molar-refractivity contribution in [2.45, 2.75) is 56.0 Å². The maximum absolute atomic E-state index is 13.2. The van der Waals surface area contributed by atoms with E-state index in [2.05, 4.69) is 29.6 Å². The molecule has 2 N–H and O–H groups in total. The number of aliphatic carboxylic acids is 1. The first-order valence-corrected chi connectivity index (χ1v) is 12.0. The van der Waals surface area contributed by atoms with E-state index in [0.717, 1.165) is 24.0 Å². The minimum absolute atomic E-state index is 0.0293. The van der Waals surface area contributed by atoms with Crippen LogP contribution >= 0.6 is 0 Å². The number of carboxylic acids is 1. The van der Waals surface area contributed by atoms with Gasteiger partial charge in [0.15, 0.2) is 0 Å². The Morgan fingerprint density at radius 2 is 1.59 bits per heavy atom. The highest BCUT2D eigenvalue weighted by atomic mass is 16.5. The second-order valence-corrected chi connectivity index (χ2v) is 9.70. The lowest BCUT2D eigenvalue weighted by Crippen LogP contribution is -2.53. The van der Waals surface area contributed by atoms with E-state index in [0.29, 0.717) is 25.7 Å². The largest absolute Gasteiger partial charge is 0.479 e. The smallest absolute Gasteiger partial charge is 0.407 e. The third kappa shape index (κ3) is 3.83. The van der Waals surface area contributed by atoms with E-state index in [1.165, 1.54) is 16.0 Å². The summed E-state index contributed by atoms with van der Waals surface area (Å²) >= 11 is 0. The molecule has 2 saturated carbocycles. The van der Waals surface area contributed by atoms with Crippen LogP contribution < -0.4 is 5.32 Å². The topological polar surface area (TPSA) is 95.9 Å². The first-order chi connectivity index (χ1) is 16.4. The van der Waals surface area contributed by atoms with Gasteiger partial charge in [-0.25, -0.2) is 9.59 Å². The molecular weight excluding hydrogens is 432 g/mol. The van der Waals surface area contributed by atoms with Crippen molar-refractivity contribution < 1.29 is 24.2 Å². The molecule has 2 aromatic carbocycles. The zero-order chi connectivity index (χ0) is 23.9. The Balaban J connectivity index is 1.24. The van der Waals surface area contributed by atoms with Gasteiger partial charge in [-0.3, -0.25) is 4.79 Å². The van der Waals surface area contributed by atoms with E-state index >= 15 is 0 Å². The van der Waals surface area contributed by atoms with Crippen molar-refractivity contribution in [2.75, 3.05) is 13.7 Å². The van der Waals surface area contributed by atoms with E-state index in [1.807, 2.05) is 24.3 Å². The number of carboxylic acid groups (broad SMARTS) is 1. The number of nitrogens with zero attached hydrogens (tertiary/aromatic N) is 1. The van der Waals surface area contributed by atoms with Crippen molar-refractivity contribution in [1.82, 2.24) is 10.2 Å². The quantitative estimate of drug-likeness (QED) is 0.672. The molecule has 5 rings (SSSR count). The molecule has 2 aromatic rings. The molecular formula is C27H30N2O5. The van der Waals surface area contributed by atoms with Gasteiger partial charge < -0.3 is 20.1 Å². The molecule has 0 spiro atoms. The predicted molar refractivity (Wildman–Crippen MR) is 126 cm³/mol. The van der Waals surface area contributed by atoms with Gasteiger partial charge in [-0.2, -0.15) is 0 Å². The molecule has 0 aromatic heterocycles. The maximum atomic E-state index is 13.2. The Morgan fingerprint density at radius 3 is 2.18 bits per heavy atom. The molecule has 3 aliphatic carbocycles. The second kappa shape index (κ2) is 8.78. The molecule has 7 heteroatoms. The van der Waals surface area contributed by atoms with E-state index < -0.39 is 23.5 Å². The summed E-state index contributed by atoms with van der Waals surface area (Å²) < 4.78 is 5.68. The van der Waals surface area contributed by atoms with Gasteiger partial charge in [0.05, 0.1) is 5.92 Å². The molecule has 178 valence electrons. The minimum Gasteiger partial charge on any atom is -0.479 e. The van der Waals surface area contributed by atoms with Crippen molar-refractivity contribution in [2.24, 2.45) is 5.92 Å². The van der Waals surface area contributed by atoms with Crippen LogP contribution in [0, 0.1) is 5.92 Å². The third-order valence-electron chi connectivity index (χ3n) is 7.82. The number of carbonyl (C=O) groups excluding carboxylic acids is 2. The van der Waals surface area contributed by atoms with Gasteiger partial charge in [0, 0.05) is 19.0 Å². The zero-order valence-corrected chi connectivity index (χ0v) is 19.3. The van der Waals surface area contributed by atoms with Crippen molar-refractivity contribution in [3.63, 3.8) is 0 Å². The molecule has 2 unspecified atom stereocenters. The number of rotatable bonds is 6. The summed E-state index contributed by atoms with van der Waals surface area (Å²) in [4.78, 5) is 39.0. The van der Waals surface area contributed by atoms with Gasteiger partial charge in [-0.05, 0) is 47.9 Å². The molecule has 2 fully saturated rings. The van der Waals surface area contributed by atoms with Crippen LogP contribution in [-0.2, 0) is 14.3 Å². The molecule has 0 heterocycles. The summed E-state index contributed by atoms with van der Waals surface area (Å²) in [5.74, 6) is -1.63. The van der Waals surface area contributed by atoms with Gasteiger partial charge >= 0.3 is 12.1 Å². The monoisotopic (exact) mass is 462 g/mol. The van der Waals surface area contributed by atoms with Crippen LogP contribution in [-0.4, -0.2) is 53.2 Å². The molecule has 7 nitrogen and oxygen atoms in total. The Morgan fingerprint density at radius 1 is 1.00 bits per heavy atom. The number of alkyl carbamates (subject to hydrolysis) is 1. The molecule has 0 radical (unpaired) electrons.